The molecule has 2 N–H and O–H groups in total. The summed E-state index contributed by atoms with van der Waals surface area (Å²) < 4.78 is 36.3. The van der Waals surface area contributed by atoms with Crippen LogP contribution in [-0.2, 0) is 29.3 Å². The van der Waals surface area contributed by atoms with E-state index in [0.29, 0.717) is 17.1 Å². The molecule has 0 saturated carbocycles. The summed E-state index contributed by atoms with van der Waals surface area (Å²) in [5, 5.41) is 14.4. The molecule has 0 aliphatic carbocycles. The number of methoxy groups -OCH3 is 2. The van der Waals surface area contributed by atoms with Crippen LogP contribution >= 0.6 is 0 Å². The van der Waals surface area contributed by atoms with Crippen LogP contribution in [0.1, 0.15) is 40.2 Å². The first-order chi connectivity index (χ1) is 26.3. The van der Waals surface area contributed by atoms with Crippen LogP contribution in [-0.4, -0.2) is 78.9 Å². The van der Waals surface area contributed by atoms with Gasteiger partial charge in [0.2, 0.25) is 0 Å². The SMILES string of the molecule is CCOC(=O)COC1C(O)[C@@H](COC(c2ccccc2)(c2ccc(OC)cc2)c2ccc(OC)cc2)O[C@H]1n1ccc(NC(=O)c2ccccc2)nc1=O. The maximum absolute atomic E-state index is 13.5. The largest absolute Gasteiger partial charge is 0.497 e. The van der Waals surface area contributed by atoms with Crippen LogP contribution < -0.4 is 20.5 Å². The summed E-state index contributed by atoms with van der Waals surface area (Å²) in [4.78, 5) is 42.6. The Morgan fingerprint density at radius 2 is 1.41 bits per heavy atom. The van der Waals surface area contributed by atoms with Crippen LogP contribution in [0, 0.1) is 0 Å². The average molecular weight is 736 g/mol. The molecule has 1 aromatic heterocycles. The fourth-order valence-corrected chi connectivity index (χ4v) is 6.36. The molecule has 13 heteroatoms. The highest BCUT2D eigenvalue weighted by Crippen LogP contribution is 2.43. The highest BCUT2D eigenvalue weighted by Gasteiger charge is 2.48. The Hall–Kier alpha value is -5.86. The summed E-state index contributed by atoms with van der Waals surface area (Å²) in [5.74, 6) is 0.211. The van der Waals surface area contributed by atoms with Gasteiger partial charge in [-0.3, -0.25) is 9.36 Å². The number of ether oxygens (including phenoxy) is 6. The number of aromatic nitrogens is 2. The molecular formula is C41H41N3O10. The van der Waals surface area contributed by atoms with E-state index in [2.05, 4.69) is 10.3 Å². The predicted molar refractivity (Wildman–Crippen MR) is 197 cm³/mol. The number of carbonyl (C=O) groups excluding carboxylic acids is 2. The second-order valence-corrected chi connectivity index (χ2v) is 12.3. The van der Waals surface area contributed by atoms with Gasteiger partial charge in [-0.15, -0.1) is 0 Å². The first-order valence-electron chi connectivity index (χ1n) is 17.3. The summed E-state index contributed by atoms with van der Waals surface area (Å²) >= 11 is 0. The van der Waals surface area contributed by atoms with E-state index in [1.807, 2.05) is 78.9 Å². The van der Waals surface area contributed by atoms with E-state index in [-0.39, 0.29) is 19.0 Å². The van der Waals surface area contributed by atoms with E-state index in [0.717, 1.165) is 21.3 Å². The molecule has 0 bridgehead atoms. The number of carbonyl (C=O) groups is 2. The van der Waals surface area contributed by atoms with Crippen LogP contribution in [0.3, 0.4) is 0 Å². The maximum Gasteiger partial charge on any atom is 0.351 e. The zero-order valence-corrected chi connectivity index (χ0v) is 30.0. The van der Waals surface area contributed by atoms with Gasteiger partial charge in [-0.05, 0) is 66.1 Å². The summed E-state index contributed by atoms with van der Waals surface area (Å²) in [5.41, 5.74) is 0.656. The molecule has 0 spiro atoms. The van der Waals surface area contributed by atoms with E-state index in [1.165, 1.54) is 12.3 Å². The van der Waals surface area contributed by atoms with Crippen molar-refractivity contribution in [3.63, 3.8) is 0 Å². The van der Waals surface area contributed by atoms with Gasteiger partial charge in [0.1, 0.15) is 47.8 Å². The van der Waals surface area contributed by atoms with Gasteiger partial charge in [-0.1, -0.05) is 72.8 Å². The average Bonchev–Trinajstić information content (AvgIpc) is 3.52. The normalized spacial score (nSPS) is 18.1. The highest BCUT2D eigenvalue weighted by atomic mass is 16.6. The van der Waals surface area contributed by atoms with E-state index in [9.17, 15) is 19.5 Å². The van der Waals surface area contributed by atoms with Crippen molar-refractivity contribution in [2.24, 2.45) is 0 Å². The number of benzene rings is 4. The minimum absolute atomic E-state index is 0.0131. The van der Waals surface area contributed by atoms with E-state index >= 15 is 0 Å². The van der Waals surface area contributed by atoms with Crippen molar-refractivity contribution in [3.8, 4) is 11.5 Å². The number of hydrogen-bond acceptors (Lipinski definition) is 11. The molecule has 1 aliphatic heterocycles. The van der Waals surface area contributed by atoms with Gasteiger partial charge in [-0.2, -0.15) is 4.98 Å². The molecule has 1 fully saturated rings. The first-order valence-corrected chi connectivity index (χ1v) is 17.3. The number of aliphatic hydroxyl groups is 1. The van der Waals surface area contributed by atoms with Gasteiger partial charge in [0.15, 0.2) is 6.23 Å². The number of amides is 1. The molecule has 1 amide bonds. The third-order valence-corrected chi connectivity index (χ3v) is 9.03. The van der Waals surface area contributed by atoms with E-state index < -0.39 is 54.3 Å². The zero-order valence-electron chi connectivity index (χ0n) is 30.0. The molecule has 0 radical (unpaired) electrons. The Morgan fingerprint density at radius 1 is 0.833 bits per heavy atom. The highest BCUT2D eigenvalue weighted by molar-refractivity contribution is 6.03. The Balaban J connectivity index is 1.34. The molecule has 54 heavy (non-hydrogen) atoms. The van der Waals surface area contributed by atoms with E-state index in [4.69, 9.17) is 28.4 Å². The molecule has 280 valence electrons. The lowest BCUT2D eigenvalue weighted by molar-refractivity contribution is -0.155. The number of aliphatic hydroxyl groups excluding tert-OH is 1. The van der Waals surface area contributed by atoms with Crippen molar-refractivity contribution >= 4 is 17.7 Å². The Labute approximate surface area is 312 Å². The Kier molecular flexibility index (Phi) is 12.1. The second kappa shape index (κ2) is 17.3. The van der Waals surface area contributed by atoms with Crippen molar-refractivity contribution in [2.75, 3.05) is 39.4 Å². The van der Waals surface area contributed by atoms with Crippen LogP contribution in [0.25, 0.3) is 0 Å². The molecule has 5 aromatic rings. The Bertz CT molecular complexity index is 2010. The quantitative estimate of drug-likeness (QED) is 0.113. The van der Waals surface area contributed by atoms with Crippen LogP contribution in [0.5, 0.6) is 11.5 Å². The maximum atomic E-state index is 13.5. The molecule has 2 heterocycles. The van der Waals surface area contributed by atoms with Crippen molar-refractivity contribution in [2.45, 2.75) is 37.1 Å². The van der Waals surface area contributed by atoms with Crippen molar-refractivity contribution in [3.05, 3.63) is 154 Å². The monoisotopic (exact) mass is 735 g/mol. The van der Waals surface area contributed by atoms with Crippen LogP contribution in [0.4, 0.5) is 5.82 Å². The van der Waals surface area contributed by atoms with Crippen molar-refractivity contribution in [1.82, 2.24) is 9.55 Å². The number of esters is 1. The van der Waals surface area contributed by atoms with Gasteiger partial charge in [0.05, 0.1) is 27.4 Å². The summed E-state index contributed by atoms with van der Waals surface area (Å²) in [6.07, 6.45) is -3.53. The number of hydrogen-bond donors (Lipinski definition) is 2. The lowest BCUT2D eigenvalue weighted by Gasteiger charge is -2.37. The minimum Gasteiger partial charge on any atom is -0.497 e. The molecule has 4 aromatic carbocycles. The molecule has 1 saturated heterocycles. The van der Waals surface area contributed by atoms with Crippen LogP contribution in [0.15, 0.2) is 126 Å². The molecule has 2 unspecified atom stereocenters. The van der Waals surface area contributed by atoms with Crippen molar-refractivity contribution < 1.29 is 43.1 Å². The van der Waals surface area contributed by atoms with Crippen LogP contribution in [0.2, 0.25) is 0 Å². The number of rotatable bonds is 15. The fourth-order valence-electron chi connectivity index (χ4n) is 6.36. The summed E-state index contributed by atoms with van der Waals surface area (Å²) in [6.45, 7) is 1.08. The first kappa shape index (κ1) is 37.9. The number of nitrogens with zero attached hydrogens (tertiary/aromatic N) is 2. The van der Waals surface area contributed by atoms with E-state index in [1.54, 1.807) is 51.5 Å². The number of nitrogens with one attached hydrogen (secondary N) is 1. The minimum atomic E-state index is -1.38. The smallest absolute Gasteiger partial charge is 0.351 e. The summed E-state index contributed by atoms with van der Waals surface area (Å²) in [7, 11) is 3.18. The standard InChI is InChI=1S/C41H41N3O10/c1-4-51-35(45)26-52-37-36(46)33(54-39(37)44-24-23-34(43-40(44)48)42-38(47)27-11-7-5-8-12-27)25-53-41(28-13-9-6-10-14-28,29-15-19-31(49-2)20-16-29)30-17-21-32(50-3)22-18-30/h5-24,33,36-37,39,46H,4,25-26H2,1-3H3,(H,42,43,47,48)/t33-,36?,37?,39-/m1/s1. The predicted octanol–water partition coefficient (Wildman–Crippen LogP) is 4.73. The third kappa shape index (κ3) is 8.19. The fraction of sp³-hybridized carbons (Fsp3) is 0.268. The van der Waals surface area contributed by atoms with Gasteiger partial charge >= 0.3 is 11.7 Å². The second-order valence-electron chi connectivity index (χ2n) is 12.3. The van der Waals surface area contributed by atoms with Gasteiger partial charge < -0.3 is 38.8 Å². The molecular weight excluding hydrogens is 694 g/mol. The third-order valence-electron chi connectivity index (χ3n) is 9.03. The van der Waals surface area contributed by atoms with Gasteiger partial charge in [-0.25, -0.2) is 9.59 Å². The molecule has 13 nitrogen and oxygen atoms in total. The molecule has 1 aliphatic rings. The molecule has 6 rings (SSSR count). The number of anilines is 1. The zero-order chi connectivity index (χ0) is 38.1. The van der Waals surface area contributed by atoms with Crippen molar-refractivity contribution in [1.29, 1.82) is 0 Å². The Morgan fingerprint density at radius 3 is 1.96 bits per heavy atom. The van der Waals surface area contributed by atoms with Gasteiger partial charge in [0.25, 0.3) is 5.91 Å². The molecule has 4 atom stereocenters. The topological polar surface area (TPSA) is 157 Å². The lowest BCUT2D eigenvalue weighted by atomic mass is 9.80. The van der Waals surface area contributed by atoms with Gasteiger partial charge in [0, 0.05) is 11.8 Å². The lowest BCUT2D eigenvalue weighted by Crippen LogP contribution is -2.41. The summed E-state index contributed by atoms with van der Waals surface area (Å²) in [6, 6.07) is 34.5.